The number of hydrogen-bond donors (Lipinski definition) is 1. The van der Waals surface area contributed by atoms with Crippen molar-refractivity contribution in [2.24, 2.45) is 5.92 Å². The second-order valence-electron chi connectivity index (χ2n) is 5.10. The van der Waals surface area contributed by atoms with Crippen molar-refractivity contribution < 1.29 is 5.11 Å². The van der Waals surface area contributed by atoms with Crippen molar-refractivity contribution in [3.8, 4) is 6.07 Å². The Morgan fingerprint density at radius 3 is 2.63 bits per heavy atom. The Morgan fingerprint density at radius 2 is 1.89 bits per heavy atom. The van der Waals surface area contributed by atoms with Crippen LogP contribution in [0.15, 0.2) is 54.6 Å². The molecule has 0 amide bonds. The molecular weight excluding hydrogens is 234 g/mol. The van der Waals surface area contributed by atoms with Crippen molar-refractivity contribution in [2.75, 3.05) is 0 Å². The maximum Gasteiger partial charge on any atom is 0.0991 e. The van der Waals surface area contributed by atoms with Crippen LogP contribution in [-0.2, 0) is 0 Å². The highest BCUT2D eigenvalue weighted by Gasteiger charge is 2.43. The van der Waals surface area contributed by atoms with Crippen molar-refractivity contribution in [1.29, 1.82) is 5.26 Å². The summed E-state index contributed by atoms with van der Waals surface area (Å²) in [5, 5.41) is 19.3. The van der Waals surface area contributed by atoms with Crippen molar-refractivity contribution in [3.63, 3.8) is 0 Å². The number of nitrogens with zero attached hydrogens (tertiary/aromatic N) is 1. The molecule has 1 N–H and O–H groups in total. The van der Waals surface area contributed by atoms with Crippen LogP contribution in [0.1, 0.15) is 35.1 Å². The Bertz CT molecular complexity index is 615. The minimum absolute atomic E-state index is 0.274. The first-order valence-electron chi connectivity index (χ1n) is 6.52. The van der Waals surface area contributed by atoms with E-state index in [1.165, 1.54) is 5.56 Å². The first kappa shape index (κ1) is 12.0. The highest BCUT2D eigenvalue weighted by atomic mass is 16.3. The second kappa shape index (κ2) is 4.87. The summed E-state index contributed by atoms with van der Waals surface area (Å²) in [6.07, 6.45) is 0.542. The van der Waals surface area contributed by atoms with E-state index in [4.69, 9.17) is 5.26 Å². The molecule has 1 fully saturated rings. The summed E-state index contributed by atoms with van der Waals surface area (Å²) in [7, 11) is 0. The van der Waals surface area contributed by atoms with E-state index < -0.39 is 6.10 Å². The van der Waals surface area contributed by atoms with Gasteiger partial charge in [0.1, 0.15) is 0 Å². The van der Waals surface area contributed by atoms with Gasteiger partial charge in [-0.05, 0) is 41.5 Å². The van der Waals surface area contributed by atoms with Gasteiger partial charge in [-0.2, -0.15) is 5.26 Å². The number of hydrogen-bond acceptors (Lipinski definition) is 2. The molecule has 19 heavy (non-hydrogen) atoms. The topological polar surface area (TPSA) is 44.0 Å². The van der Waals surface area contributed by atoms with Crippen molar-refractivity contribution >= 4 is 0 Å². The summed E-state index contributed by atoms with van der Waals surface area (Å²) >= 11 is 0. The van der Waals surface area contributed by atoms with E-state index in [1.807, 2.05) is 30.3 Å². The standard InChI is InChI=1S/C17H15NO/c18-11-12-5-4-8-14(9-12)17(19)16-10-15(16)13-6-2-1-3-7-13/h1-9,15-17,19H,10H2. The molecule has 0 aliphatic heterocycles. The molecule has 1 aliphatic carbocycles. The fourth-order valence-corrected chi connectivity index (χ4v) is 2.69. The fourth-order valence-electron chi connectivity index (χ4n) is 2.69. The molecular formula is C17H15NO. The molecule has 1 saturated carbocycles. The zero-order valence-electron chi connectivity index (χ0n) is 10.5. The molecule has 3 unspecified atom stereocenters. The Kier molecular flexibility index (Phi) is 3.06. The van der Waals surface area contributed by atoms with Gasteiger partial charge in [-0.1, -0.05) is 42.5 Å². The van der Waals surface area contributed by atoms with Gasteiger partial charge >= 0.3 is 0 Å². The number of rotatable bonds is 3. The smallest absolute Gasteiger partial charge is 0.0991 e. The molecule has 0 saturated heterocycles. The third-order valence-electron chi connectivity index (χ3n) is 3.83. The highest BCUT2D eigenvalue weighted by molar-refractivity contribution is 5.36. The molecule has 94 valence electrons. The van der Waals surface area contributed by atoms with E-state index in [-0.39, 0.29) is 5.92 Å². The SMILES string of the molecule is N#Cc1cccc(C(O)C2CC2c2ccccc2)c1. The van der Waals surface area contributed by atoms with Crippen molar-refractivity contribution in [1.82, 2.24) is 0 Å². The van der Waals surface area contributed by atoms with E-state index in [1.54, 1.807) is 12.1 Å². The lowest BCUT2D eigenvalue weighted by molar-refractivity contribution is 0.151. The molecule has 0 spiro atoms. The predicted molar refractivity (Wildman–Crippen MR) is 73.4 cm³/mol. The fraction of sp³-hybridized carbons (Fsp3) is 0.235. The highest BCUT2D eigenvalue weighted by Crippen LogP contribution is 2.53. The lowest BCUT2D eigenvalue weighted by atomic mass is 10.00. The van der Waals surface area contributed by atoms with Gasteiger partial charge in [0, 0.05) is 0 Å². The van der Waals surface area contributed by atoms with E-state index >= 15 is 0 Å². The van der Waals surface area contributed by atoms with E-state index in [9.17, 15) is 5.11 Å². The zero-order chi connectivity index (χ0) is 13.2. The Labute approximate surface area is 112 Å². The van der Waals surface area contributed by atoms with Crippen molar-refractivity contribution in [2.45, 2.75) is 18.4 Å². The molecule has 2 heteroatoms. The minimum Gasteiger partial charge on any atom is -0.388 e. The van der Waals surface area contributed by atoms with Gasteiger partial charge in [0.15, 0.2) is 0 Å². The minimum atomic E-state index is -0.474. The van der Waals surface area contributed by atoms with Crippen LogP contribution in [0.25, 0.3) is 0 Å². The van der Waals surface area contributed by atoms with Crippen LogP contribution >= 0.6 is 0 Å². The molecule has 3 rings (SSSR count). The van der Waals surface area contributed by atoms with E-state index in [0.29, 0.717) is 11.5 Å². The number of aliphatic hydroxyl groups excluding tert-OH is 1. The Balaban J connectivity index is 1.76. The summed E-state index contributed by atoms with van der Waals surface area (Å²) in [5.74, 6) is 0.721. The van der Waals surface area contributed by atoms with Gasteiger partial charge in [0.2, 0.25) is 0 Å². The molecule has 0 aromatic heterocycles. The third kappa shape index (κ3) is 2.38. The predicted octanol–water partition coefficient (Wildman–Crippen LogP) is 3.40. The molecule has 2 aromatic rings. The molecule has 0 radical (unpaired) electrons. The van der Waals surface area contributed by atoms with Gasteiger partial charge in [-0.15, -0.1) is 0 Å². The molecule has 0 heterocycles. The first-order chi connectivity index (χ1) is 9.29. The Hall–Kier alpha value is -2.11. The molecule has 0 bridgehead atoms. The van der Waals surface area contributed by atoms with Gasteiger partial charge in [-0.3, -0.25) is 0 Å². The lowest BCUT2D eigenvalue weighted by Crippen LogP contribution is -2.01. The summed E-state index contributed by atoms with van der Waals surface area (Å²) in [6.45, 7) is 0. The quantitative estimate of drug-likeness (QED) is 0.906. The van der Waals surface area contributed by atoms with Crippen LogP contribution < -0.4 is 0 Å². The van der Waals surface area contributed by atoms with Crippen LogP contribution in [0.4, 0.5) is 0 Å². The van der Waals surface area contributed by atoms with Crippen LogP contribution in [0, 0.1) is 17.2 Å². The normalized spacial score (nSPS) is 22.5. The molecule has 2 nitrogen and oxygen atoms in total. The molecule has 1 aliphatic rings. The van der Waals surface area contributed by atoms with Crippen LogP contribution in [0.5, 0.6) is 0 Å². The number of nitriles is 1. The summed E-state index contributed by atoms with van der Waals surface area (Å²) in [4.78, 5) is 0. The van der Waals surface area contributed by atoms with Gasteiger partial charge in [-0.25, -0.2) is 0 Å². The average molecular weight is 249 g/mol. The van der Waals surface area contributed by atoms with Crippen molar-refractivity contribution in [3.05, 3.63) is 71.3 Å². The second-order valence-corrected chi connectivity index (χ2v) is 5.10. The summed E-state index contributed by atoms with van der Waals surface area (Å²) in [5.41, 5.74) is 2.75. The van der Waals surface area contributed by atoms with E-state index in [0.717, 1.165) is 12.0 Å². The van der Waals surface area contributed by atoms with Gasteiger partial charge in [0.25, 0.3) is 0 Å². The van der Waals surface area contributed by atoms with Crippen LogP contribution in [0.2, 0.25) is 0 Å². The number of aliphatic hydroxyl groups is 1. The lowest BCUT2D eigenvalue weighted by Gasteiger charge is -2.11. The largest absolute Gasteiger partial charge is 0.388 e. The summed E-state index contributed by atoms with van der Waals surface area (Å²) < 4.78 is 0. The summed E-state index contributed by atoms with van der Waals surface area (Å²) in [6, 6.07) is 19.7. The van der Waals surface area contributed by atoms with Crippen LogP contribution in [0.3, 0.4) is 0 Å². The third-order valence-corrected chi connectivity index (χ3v) is 3.83. The van der Waals surface area contributed by atoms with Crippen LogP contribution in [-0.4, -0.2) is 5.11 Å². The average Bonchev–Trinajstić information content (AvgIpc) is 3.28. The molecule has 3 atom stereocenters. The molecule has 2 aromatic carbocycles. The number of benzene rings is 2. The maximum absolute atomic E-state index is 10.4. The Morgan fingerprint density at radius 1 is 1.11 bits per heavy atom. The van der Waals surface area contributed by atoms with Gasteiger partial charge < -0.3 is 5.11 Å². The zero-order valence-corrected chi connectivity index (χ0v) is 10.5. The first-order valence-corrected chi connectivity index (χ1v) is 6.52. The monoisotopic (exact) mass is 249 g/mol. The van der Waals surface area contributed by atoms with E-state index in [2.05, 4.69) is 18.2 Å². The van der Waals surface area contributed by atoms with Gasteiger partial charge in [0.05, 0.1) is 17.7 Å². The maximum atomic E-state index is 10.4.